The number of rotatable bonds is 7. The van der Waals surface area contributed by atoms with Crippen molar-refractivity contribution in [3.05, 3.63) is 83.9 Å². The summed E-state index contributed by atoms with van der Waals surface area (Å²) < 4.78 is 39.0. The molecule has 2 N–H and O–H groups in total. The number of nitrogens with zero attached hydrogens (tertiary/aromatic N) is 2. The lowest BCUT2D eigenvalue weighted by Gasteiger charge is -2.26. The van der Waals surface area contributed by atoms with E-state index in [2.05, 4.69) is 4.99 Å². The number of carbonyl (C=O) groups excluding carboxylic acids is 1. The Labute approximate surface area is 209 Å². The molecule has 0 fully saturated rings. The molecule has 1 heterocycles. The molecular weight excluding hydrogens is 494 g/mol. The Balaban J connectivity index is 0.00000342. The number of hydrogen-bond donors (Lipinski definition) is 1. The Hall–Kier alpha value is -3.76. The fourth-order valence-corrected chi connectivity index (χ4v) is 4.16. The molecule has 9 nitrogen and oxygen atoms in total. The fraction of sp³-hybridized carbons (Fsp3) is 0.167. The van der Waals surface area contributed by atoms with Gasteiger partial charge in [0.2, 0.25) is 0 Å². The topological polar surface area (TPSA) is 121 Å². The SMILES string of the molecule is COc1cccc(Oc2cccc(C3(c4ccc(OS(C)(=O)=O)cc4)N=C(N)N(C)C3=O)c2)c1.Cl. The molecule has 1 aliphatic rings. The summed E-state index contributed by atoms with van der Waals surface area (Å²) in [5, 5.41) is 0. The smallest absolute Gasteiger partial charge is 0.306 e. The Bertz CT molecular complexity index is 1380. The first-order valence-electron chi connectivity index (χ1n) is 10.2. The van der Waals surface area contributed by atoms with Gasteiger partial charge in [0.05, 0.1) is 13.4 Å². The zero-order valence-corrected chi connectivity index (χ0v) is 20.8. The molecule has 0 saturated heterocycles. The zero-order valence-electron chi connectivity index (χ0n) is 19.2. The lowest BCUT2D eigenvalue weighted by molar-refractivity contribution is -0.129. The summed E-state index contributed by atoms with van der Waals surface area (Å²) in [7, 11) is -0.581. The highest BCUT2D eigenvalue weighted by atomic mass is 35.5. The van der Waals surface area contributed by atoms with Gasteiger partial charge < -0.3 is 19.4 Å². The van der Waals surface area contributed by atoms with Crippen LogP contribution in [-0.4, -0.2) is 45.6 Å². The first kappa shape index (κ1) is 25.9. The van der Waals surface area contributed by atoms with Crippen LogP contribution in [0.3, 0.4) is 0 Å². The van der Waals surface area contributed by atoms with Crippen LogP contribution < -0.4 is 19.4 Å². The maximum Gasteiger partial charge on any atom is 0.306 e. The van der Waals surface area contributed by atoms with E-state index in [9.17, 15) is 13.2 Å². The number of benzene rings is 3. The predicted molar refractivity (Wildman–Crippen MR) is 134 cm³/mol. The van der Waals surface area contributed by atoms with Crippen LogP contribution in [0.5, 0.6) is 23.0 Å². The summed E-state index contributed by atoms with van der Waals surface area (Å²) in [6, 6.07) is 20.2. The molecule has 3 aromatic carbocycles. The summed E-state index contributed by atoms with van der Waals surface area (Å²) in [6.45, 7) is 0. The largest absolute Gasteiger partial charge is 0.497 e. The standard InChI is InChI=1S/C24H23N3O6S.ClH/c1-27-22(28)24(26-23(27)25,16-10-12-18(13-11-16)33-34(3,29)30)17-6-4-8-20(14-17)32-21-9-5-7-19(15-21)31-2;/h4-15H,1-3H3,(H2,25,26);1H. The maximum absolute atomic E-state index is 13.5. The normalized spacial score (nSPS) is 17.4. The number of hydrogen-bond acceptors (Lipinski definition) is 8. The number of guanidine groups is 1. The molecule has 0 aromatic heterocycles. The molecule has 0 aliphatic carbocycles. The van der Waals surface area contributed by atoms with Crippen LogP contribution in [-0.2, 0) is 20.5 Å². The van der Waals surface area contributed by atoms with E-state index < -0.39 is 15.7 Å². The Morgan fingerprint density at radius 1 is 0.886 bits per heavy atom. The summed E-state index contributed by atoms with van der Waals surface area (Å²) >= 11 is 0. The van der Waals surface area contributed by atoms with E-state index in [4.69, 9.17) is 19.4 Å². The number of likely N-dealkylation sites (N-methyl/N-ethyl adjacent to an activating group) is 1. The van der Waals surface area contributed by atoms with Gasteiger partial charge in [0.15, 0.2) is 11.5 Å². The molecule has 35 heavy (non-hydrogen) atoms. The van der Waals surface area contributed by atoms with E-state index in [1.165, 1.54) is 17.0 Å². The summed E-state index contributed by atoms with van der Waals surface area (Å²) in [6.07, 6.45) is 0.955. The monoisotopic (exact) mass is 517 g/mol. The van der Waals surface area contributed by atoms with Crippen molar-refractivity contribution in [3.63, 3.8) is 0 Å². The van der Waals surface area contributed by atoms with E-state index in [0.717, 1.165) is 6.26 Å². The molecule has 1 atom stereocenters. The summed E-state index contributed by atoms with van der Waals surface area (Å²) in [5.74, 6) is 1.50. The van der Waals surface area contributed by atoms with Crippen LogP contribution >= 0.6 is 12.4 Å². The van der Waals surface area contributed by atoms with Crippen molar-refractivity contribution in [2.45, 2.75) is 5.54 Å². The fourth-order valence-electron chi connectivity index (χ4n) is 3.70. The molecule has 0 bridgehead atoms. The minimum absolute atomic E-state index is 0. The van der Waals surface area contributed by atoms with E-state index in [1.807, 2.05) is 0 Å². The number of methoxy groups -OCH3 is 1. The van der Waals surface area contributed by atoms with E-state index >= 15 is 0 Å². The minimum Gasteiger partial charge on any atom is -0.497 e. The highest BCUT2D eigenvalue weighted by molar-refractivity contribution is 7.86. The molecule has 184 valence electrons. The van der Waals surface area contributed by atoms with Crippen LogP contribution in [0.4, 0.5) is 0 Å². The third-order valence-electron chi connectivity index (χ3n) is 5.29. The second-order valence-corrected chi connectivity index (χ2v) is 9.24. The Kier molecular flexibility index (Phi) is 7.27. The van der Waals surface area contributed by atoms with Crippen molar-refractivity contribution in [1.29, 1.82) is 0 Å². The average molecular weight is 518 g/mol. The Morgan fingerprint density at radius 3 is 2.06 bits per heavy atom. The molecule has 0 saturated carbocycles. The number of ether oxygens (including phenoxy) is 2. The van der Waals surface area contributed by atoms with Crippen LogP contribution in [0.2, 0.25) is 0 Å². The molecule has 1 aliphatic heterocycles. The molecule has 11 heteroatoms. The second kappa shape index (κ2) is 9.85. The van der Waals surface area contributed by atoms with Gasteiger partial charge in [-0.05, 0) is 47.5 Å². The van der Waals surface area contributed by atoms with Gasteiger partial charge in [-0.25, -0.2) is 4.99 Å². The number of aliphatic imine (C=N–C) groups is 1. The average Bonchev–Trinajstić information content (AvgIpc) is 3.03. The van der Waals surface area contributed by atoms with E-state index in [1.54, 1.807) is 74.8 Å². The van der Waals surface area contributed by atoms with Gasteiger partial charge in [0.1, 0.15) is 23.0 Å². The molecular formula is C24H24ClN3O6S. The molecule has 0 spiro atoms. The van der Waals surface area contributed by atoms with Crippen molar-refractivity contribution < 1.29 is 26.9 Å². The van der Waals surface area contributed by atoms with Gasteiger partial charge >= 0.3 is 10.1 Å². The lowest BCUT2D eigenvalue weighted by atomic mass is 9.82. The van der Waals surface area contributed by atoms with E-state index in [0.29, 0.717) is 28.4 Å². The summed E-state index contributed by atoms with van der Waals surface area (Å²) in [4.78, 5) is 19.3. The van der Waals surface area contributed by atoms with Gasteiger partial charge in [-0.1, -0.05) is 30.3 Å². The lowest BCUT2D eigenvalue weighted by Crippen LogP contribution is -2.41. The van der Waals surface area contributed by atoms with Gasteiger partial charge in [-0.3, -0.25) is 9.69 Å². The third kappa shape index (κ3) is 5.18. The first-order valence-corrected chi connectivity index (χ1v) is 12.0. The van der Waals surface area contributed by atoms with Crippen molar-refractivity contribution in [1.82, 2.24) is 4.90 Å². The van der Waals surface area contributed by atoms with Crippen molar-refractivity contribution in [3.8, 4) is 23.0 Å². The maximum atomic E-state index is 13.5. The van der Waals surface area contributed by atoms with Gasteiger partial charge in [-0.2, -0.15) is 8.42 Å². The number of carbonyl (C=O) groups is 1. The van der Waals surface area contributed by atoms with Crippen LogP contribution in [0.25, 0.3) is 0 Å². The number of amides is 1. The van der Waals surface area contributed by atoms with E-state index in [-0.39, 0.29) is 30.0 Å². The molecule has 4 rings (SSSR count). The molecule has 3 aromatic rings. The zero-order chi connectivity index (χ0) is 24.5. The Morgan fingerprint density at radius 2 is 1.49 bits per heavy atom. The highest BCUT2D eigenvalue weighted by Gasteiger charge is 2.49. The predicted octanol–water partition coefficient (Wildman–Crippen LogP) is 3.28. The quantitative estimate of drug-likeness (QED) is 0.477. The van der Waals surface area contributed by atoms with Crippen LogP contribution in [0.15, 0.2) is 77.8 Å². The van der Waals surface area contributed by atoms with Crippen molar-refractivity contribution >= 4 is 34.4 Å². The number of nitrogens with two attached hydrogens (primary N) is 1. The van der Waals surface area contributed by atoms with Crippen LogP contribution in [0.1, 0.15) is 11.1 Å². The minimum atomic E-state index is -3.69. The first-order chi connectivity index (χ1) is 16.1. The summed E-state index contributed by atoms with van der Waals surface area (Å²) in [5.41, 5.74) is 5.58. The highest BCUT2D eigenvalue weighted by Crippen LogP contribution is 2.41. The molecule has 1 unspecified atom stereocenters. The van der Waals surface area contributed by atoms with Gasteiger partial charge in [-0.15, -0.1) is 12.4 Å². The van der Waals surface area contributed by atoms with Crippen molar-refractivity contribution in [2.75, 3.05) is 20.4 Å². The van der Waals surface area contributed by atoms with Gasteiger partial charge in [0, 0.05) is 13.1 Å². The van der Waals surface area contributed by atoms with Crippen LogP contribution in [0, 0.1) is 0 Å². The van der Waals surface area contributed by atoms with Gasteiger partial charge in [0.25, 0.3) is 5.91 Å². The van der Waals surface area contributed by atoms with Crippen molar-refractivity contribution in [2.24, 2.45) is 10.7 Å². The molecule has 0 radical (unpaired) electrons. The third-order valence-corrected chi connectivity index (χ3v) is 5.78. The number of halogens is 1. The second-order valence-electron chi connectivity index (χ2n) is 7.67. The molecule has 1 amide bonds.